The second-order valence-electron chi connectivity index (χ2n) is 5.43. The molecule has 0 rings (SSSR count). The van der Waals surface area contributed by atoms with Crippen molar-refractivity contribution in [1.82, 2.24) is 10.6 Å². The number of carboxylic acids is 1. The SMILES string of the molecule is COC(=O)[C@H](CCC(=O)NCC(=O)O)NC(=O)OC(C)(C)C. The smallest absolute Gasteiger partial charge is 0.408 e. The molecule has 0 aliphatic rings. The van der Waals surface area contributed by atoms with E-state index in [9.17, 15) is 19.2 Å². The Labute approximate surface area is 128 Å². The predicted octanol–water partition coefficient (Wildman–Crippen LogP) is 0.0337. The summed E-state index contributed by atoms with van der Waals surface area (Å²) in [5.41, 5.74) is -0.733. The van der Waals surface area contributed by atoms with Crippen LogP contribution in [0.25, 0.3) is 0 Å². The van der Waals surface area contributed by atoms with Gasteiger partial charge >= 0.3 is 18.0 Å². The summed E-state index contributed by atoms with van der Waals surface area (Å²) < 4.78 is 9.55. The van der Waals surface area contributed by atoms with Crippen molar-refractivity contribution < 1.29 is 33.8 Å². The van der Waals surface area contributed by atoms with Crippen LogP contribution >= 0.6 is 0 Å². The standard InChI is InChI=1S/C13H22N2O7/c1-13(2,3)22-12(20)15-8(11(19)21-4)5-6-9(16)14-7-10(17)18/h8H,5-7H2,1-4H3,(H,14,16)(H,15,20)(H,17,18)/t8-/m0/s1. The summed E-state index contributed by atoms with van der Waals surface area (Å²) >= 11 is 0. The van der Waals surface area contributed by atoms with E-state index >= 15 is 0 Å². The molecule has 0 unspecified atom stereocenters. The highest BCUT2D eigenvalue weighted by molar-refractivity contribution is 5.84. The first-order valence-corrected chi connectivity index (χ1v) is 6.61. The molecule has 0 aromatic heterocycles. The predicted molar refractivity (Wildman–Crippen MR) is 75.1 cm³/mol. The van der Waals surface area contributed by atoms with Crippen LogP contribution in [0.5, 0.6) is 0 Å². The molecule has 1 atom stereocenters. The van der Waals surface area contributed by atoms with Crippen LogP contribution in [-0.2, 0) is 23.9 Å². The number of carbonyl (C=O) groups is 4. The minimum Gasteiger partial charge on any atom is -0.480 e. The lowest BCUT2D eigenvalue weighted by Gasteiger charge is -2.22. The molecule has 0 saturated heterocycles. The number of hydrogen-bond acceptors (Lipinski definition) is 6. The molecule has 22 heavy (non-hydrogen) atoms. The number of ether oxygens (including phenoxy) is 2. The summed E-state index contributed by atoms with van der Waals surface area (Å²) in [4.78, 5) is 44.9. The van der Waals surface area contributed by atoms with Gasteiger partial charge in [0.05, 0.1) is 7.11 Å². The van der Waals surface area contributed by atoms with Crippen molar-refractivity contribution in [2.75, 3.05) is 13.7 Å². The maximum absolute atomic E-state index is 11.6. The topological polar surface area (TPSA) is 131 Å². The molecule has 0 radical (unpaired) electrons. The van der Waals surface area contributed by atoms with Gasteiger partial charge < -0.3 is 25.2 Å². The molecule has 0 fully saturated rings. The van der Waals surface area contributed by atoms with E-state index in [1.165, 1.54) is 0 Å². The number of alkyl carbamates (subject to hydrolysis) is 1. The highest BCUT2D eigenvalue weighted by Gasteiger charge is 2.25. The number of aliphatic carboxylic acids is 1. The average molecular weight is 318 g/mol. The molecule has 0 aliphatic carbocycles. The van der Waals surface area contributed by atoms with E-state index in [1.807, 2.05) is 0 Å². The fraction of sp³-hybridized carbons (Fsp3) is 0.692. The number of amides is 2. The molecule has 0 aliphatic heterocycles. The number of carboxylic acid groups (broad SMARTS) is 1. The van der Waals surface area contributed by atoms with Gasteiger partial charge in [-0.05, 0) is 27.2 Å². The van der Waals surface area contributed by atoms with Crippen molar-refractivity contribution in [1.29, 1.82) is 0 Å². The molecule has 0 aromatic carbocycles. The first kappa shape index (κ1) is 19.7. The van der Waals surface area contributed by atoms with Crippen molar-refractivity contribution in [3.05, 3.63) is 0 Å². The molecule has 0 saturated carbocycles. The van der Waals surface area contributed by atoms with Gasteiger partial charge in [0.2, 0.25) is 5.91 Å². The third kappa shape index (κ3) is 9.56. The van der Waals surface area contributed by atoms with E-state index in [-0.39, 0.29) is 12.8 Å². The number of nitrogens with one attached hydrogen (secondary N) is 2. The summed E-state index contributed by atoms with van der Waals surface area (Å²) in [6, 6.07) is -1.06. The van der Waals surface area contributed by atoms with E-state index in [4.69, 9.17) is 9.84 Å². The van der Waals surface area contributed by atoms with Gasteiger partial charge in [0.1, 0.15) is 18.2 Å². The Morgan fingerprint density at radius 3 is 2.23 bits per heavy atom. The van der Waals surface area contributed by atoms with Crippen LogP contribution in [0.2, 0.25) is 0 Å². The van der Waals surface area contributed by atoms with E-state index in [0.29, 0.717) is 0 Å². The number of carbonyl (C=O) groups excluding carboxylic acids is 3. The highest BCUT2D eigenvalue weighted by atomic mass is 16.6. The molecular formula is C13H22N2O7. The largest absolute Gasteiger partial charge is 0.480 e. The lowest BCUT2D eigenvalue weighted by atomic mass is 10.1. The fourth-order valence-electron chi connectivity index (χ4n) is 1.38. The maximum atomic E-state index is 11.6. The van der Waals surface area contributed by atoms with Crippen molar-refractivity contribution >= 4 is 23.9 Å². The highest BCUT2D eigenvalue weighted by Crippen LogP contribution is 2.08. The Morgan fingerprint density at radius 1 is 1.18 bits per heavy atom. The van der Waals surface area contributed by atoms with Gasteiger partial charge in [0, 0.05) is 6.42 Å². The number of rotatable bonds is 7. The first-order chi connectivity index (χ1) is 10.0. The van der Waals surface area contributed by atoms with E-state index < -0.39 is 42.1 Å². The Morgan fingerprint density at radius 2 is 1.77 bits per heavy atom. The molecule has 0 bridgehead atoms. The quantitative estimate of drug-likeness (QED) is 0.564. The second-order valence-corrected chi connectivity index (χ2v) is 5.43. The lowest BCUT2D eigenvalue weighted by molar-refractivity contribution is -0.143. The van der Waals surface area contributed by atoms with Crippen LogP contribution in [0.1, 0.15) is 33.6 Å². The summed E-state index contributed by atoms with van der Waals surface area (Å²) in [5, 5.41) is 12.9. The van der Waals surface area contributed by atoms with Gasteiger partial charge in [0.25, 0.3) is 0 Å². The summed E-state index contributed by atoms with van der Waals surface area (Å²) in [6.07, 6.45) is -1.01. The van der Waals surface area contributed by atoms with Crippen LogP contribution in [0.15, 0.2) is 0 Å². The third-order valence-corrected chi connectivity index (χ3v) is 2.27. The van der Waals surface area contributed by atoms with E-state index in [1.54, 1.807) is 20.8 Å². The fourth-order valence-corrected chi connectivity index (χ4v) is 1.38. The third-order valence-electron chi connectivity index (χ3n) is 2.27. The molecule has 9 heteroatoms. The summed E-state index contributed by atoms with van der Waals surface area (Å²) in [6.45, 7) is 4.48. The van der Waals surface area contributed by atoms with Crippen molar-refractivity contribution in [3.8, 4) is 0 Å². The maximum Gasteiger partial charge on any atom is 0.408 e. The van der Waals surface area contributed by atoms with Crippen molar-refractivity contribution in [2.24, 2.45) is 0 Å². The second kappa shape index (κ2) is 8.85. The minimum absolute atomic E-state index is 0.0443. The zero-order valence-corrected chi connectivity index (χ0v) is 13.1. The summed E-state index contributed by atoms with van der Waals surface area (Å²) in [7, 11) is 1.15. The summed E-state index contributed by atoms with van der Waals surface area (Å²) in [5.74, 6) is -2.45. The Bertz CT molecular complexity index is 429. The van der Waals surface area contributed by atoms with E-state index in [0.717, 1.165) is 7.11 Å². The van der Waals surface area contributed by atoms with Crippen LogP contribution in [0.3, 0.4) is 0 Å². The molecule has 0 heterocycles. The number of methoxy groups -OCH3 is 1. The zero-order chi connectivity index (χ0) is 17.3. The van der Waals surface area contributed by atoms with Gasteiger partial charge in [-0.25, -0.2) is 9.59 Å². The van der Waals surface area contributed by atoms with Gasteiger partial charge in [-0.3, -0.25) is 9.59 Å². The van der Waals surface area contributed by atoms with Crippen molar-refractivity contribution in [2.45, 2.75) is 45.3 Å². The van der Waals surface area contributed by atoms with Crippen LogP contribution in [0, 0.1) is 0 Å². The molecule has 0 aromatic rings. The van der Waals surface area contributed by atoms with Gasteiger partial charge in [-0.2, -0.15) is 0 Å². The monoisotopic (exact) mass is 318 g/mol. The van der Waals surface area contributed by atoms with Gasteiger partial charge in [-0.1, -0.05) is 0 Å². The Kier molecular flexibility index (Phi) is 7.92. The number of esters is 1. The van der Waals surface area contributed by atoms with Gasteiger partial charge in [-0.15, -0.1) is 0 Å². The molecule has 3 N–H and O–H groups in total. The number of hydrogen-bond donors (Lipinski definition) is 3. The molecule has 126 valence electrons. The molecular weight excluding hydrogens is 296 g/mol. The first-order valence-electron chi connectivity index (χ1n) is 6.61. The Hall–Kier alpha value is -2.32. The van der Waals surface area contributed by atoms with Gasteiger partial charge in [0.15, 0.2) is 0 Å². The zero-order valence-electron chi connectivity index (χ0n) is 13.1. The molecule has 0 spiro atoms. The van der Waals surface area contributed by atoms with Crippen LogP contribution in [0.4, 0.5) is 4.79 Å². The minimum atomic E-state index is -1.18. The Balaban J connectivity index is 4.47. The van der Waals surface area contributed by atoms with Crippen molar-refractivity contribution in [3.63, 3.8) is 0 Å². The lowest BCUT2D eigenvalue weighted by Crippen LogP contribution is -2.44. The average Bonchev–Trinajstić information content (AvgIpc) is 2.38. The molecule has 2 amide bonds. The molecule has 9 nitrogen and oxygen atoms in total. The van der Waals surface area contributed by atoms with Crippen LogP contribution < -0.4 is 10.6 Å². The van der Waals surface area contributed by atoms with Crippen LogP contribution in [-0.4, -0.2) is 54.3 Å². The van der Waals surface area contributed by atoms with E-state index in [2.05, 4.69) is 15.4 Å². The normalized spacial score (nSPS) is 12.0.